The Hall–Kier alpha value is -1.00. The van der Waals surface area contributed by atoms with Crippen molar-refractivity contribution >= 4 is 17.7 Å². The van der Waals surface area contributed by atoms with Crippen LogP contribution in [-0.2, 0) is 16.8 Å². The van der Waals surface area contributed by atoms with Crippen LogP contribution in [0.2, 0.25) is 0 Å². The van der Waals surface area contributed by atoms with Crippen LogP contribution in [0, 0.1) is 0 Å². The molecule has 2 aliphatic heterocycles. The highest BCUT2D eigenvalue weighted by molar-refractivity contribution is 7.99. The molecule has 22 heavy (non-hydrogen) atoms. The lowest BCUT2D eigenvalue weighted by Crippen LogP contribution is -2.53. The quantitative estimate of drug-likeness (QED) is 0.864. The Kier molecular flexibility index (Phi) is 3.91. The maximum atomic E-state index is 12.9. The molecule has 1 atom stereocenters. The van der Waals surface area contributed by atoms with Crippen molar-refractivity contribution in [1.82, 2.24) is 10.2 Å². The van der Waals surface area contributed by atoms with Crippen molar-refractivity contribution in [2.45, 2.75) is 50.1 Å². The van der Waals surface area contributed by atoms with Crippen molar-refractivity contribution in [3.05, 3.63) is 35.4 Å². The van der Waals surface area contributed by atoms with E-state index in [0.29, 0.717) is 5.91 Å². The zero-order valence-electron chi connectivity index (χ0n) is 13.0. The summed E-state index contributed by atoms with van der Waals surface area (Å²) in [5.41, 5.74) is 3.11. The standard InChI is InChI=1S/C18H24N2OS/c21-17(16-11-22-13-19-16)20-10-14-6-2-3-7-15(14)18(12-20)8-4-1-5-9-18/h2-3,6-7,16,19H,1,4-5,8-13H2. The van der Waals surface area contributed by atoms with Crippen LogP contribution in [0.5, 0.6) is 0 Å². The van der Waals surface area contributed by atoms with Crippen LogP contribution in [0.25, 0.3) is 0 Å². The zero-order valence-corrected chi connectivity index (χ0v) is 13.8. The van der Waals surface area contributed by atoms with E-state index in [2.05, 4.69) is 34.5 Å². The molecule has 1 saturated heterocycles. The van der Waals surface area contributed by atoms with Crippen molar-refractivity contribution in [3.8, 4) is 0 Å². The number of thioether (sulfide) groups is 1. The minimum Gasteiger partial charge on any atom is -0.336 e. The number of amides is 1. The van der Waals surface area contributed by atoms with E-state index >= 15 is 0 Å². The summed E-state index contributed by atoms with van der Waals surface area (Å²) in [7, 11) is 0. The average Bonchev–Trinajstić information content (AvgIpc) is 3.09. The third-order valence-electron chi connectivity index (χ3n) is 5.58. The largest absolute Gasteiger partial charge is 0.336 e. The first-order valence-electron chi connectivity index (χ1n) is 8.47. The molecule has 2 heterocycles. The molecule has 4 rings (SSSR count). The van der Waals surface area contributed by atoms with E-state index in [1.807, 2.05) is 11.8 Å². The van der Waals surface area contributed by atoms with Gasteiger partial charge in [-0.05, 0) is 24.0 Å². The Bertz CT molecular complexity index is 562. The topological polar surface area (TPSA) is 32.3 Å². The molecule has 0 bridgehead atoms. The molecule has 118 valence electrons. The molecule has 1 aromatic carbocycles. The number of fused-ring (bicyclic) bond motifs is 2. The van der Waals surface area contributed by atoms with Gasteiger partial charge in [0.2, 0.25) is 5.91 Å². The second-order valence-electron chi connectivity index (χ2n) is 6.96. The predicted molar refractivity (Wildman–Crippen MR) is 90.9 cm³/mol. The molecule has 1 saturated carbocycles. The first-order chi connectivity index (χ1) is 10.8. The number of carbonyl (C=O) groups excluding carboxylic acids is 1. The molecule has 1 aromatic rings. The molecule has 1 amide bonds. The van der Waals surface area contributed by atoms with Crippen LogP contribution in [0.15, 0.2) is 24.3 Å². The Morgan fingerprint density at radius 3 is 2.82 bits per heavy atom. The van der Waals surface area contributed by atoms with Crippen LogP contribution in [0.3, 0.4) is 0 Å². The van der Waals surface area contributed by atoms with Gasteiger partial charge in [0, 0.05) is 30.1 Å². The van der Waals surface area contributed by atoms with Crippen LogP contribution >= 0.6 is 11.8 Å². The van der Waals surface area contributed by atoms with Gasteiger partial charge in [0.05, 0.1) is 6.04 Å². The third-order valence-corrected chi connectivity index (χ3v) is 6.52. The van der Waals surface area contributed by atoms with Crippen LogP contribution in [-0.4, -0.2) is 35.0 Å². The highest BCUT2D eigenvalue weighted by Gasteiger charge is 2.42. The second kappa shape index (κ2) is 5.89. The monoisotopic (exact) mass is 316 g/mol. The second-order valence-corrected chi connectivity index (χ2v) is 7.99. The summed E-state index contributed by atoms with van der Waals surface area (Å²) < 4.78 is 0. The van der Waals surface area contributed by atoms with Gasteiger partial charge in [0.25, 0.3) is 0 Å². The summed E-state index contributed by atoms with van der Waals surface area (Å²) in [6.07, 6.45) is 6.42. The Morgan fingerprint density at radius 1 is 1.23 bits per heavy atom. The molecule has 1 unspecified atom stereocenters. The number of rotatable bonds is 1. The fraction of sp³-hybridized carbons (Fsp3) is 0.611. The summed E-state index contributed by atoms with van der Waals surface area (Å²) in [6.45, 7) is 1.71. The Labute approximate surface area is 136 Å². The molecule has 0 aromatic heterocycles. The third kappa shape index (κ3) is 2.46. The van der Waals surface area contributed by atoms with Gasteiger partial charge in [0.1, 0.15) is 0 Å². The number of nitrogens with zero attached hydrogens (tertiary/aromatic N) is 1. The number of hydrogen-bond acceptors (Lipinski definition) is 3. The average molecular weight is 316 g/mol. The van der Waals surface area contributed by atoms with E-state index in [4.69, 9.17) is 0 Å². The van der Waals surface area contributed by atoms with E-state index < -0.39 is 0 Å². The molecule has 0 radical (unpaired) electrons. The number of nitrogens with one attached hydrogen (secondary N) is 1. The summed E-state index contributed by atoms with van der Waals surface area (Å²) in [4.78, 5) is 15.0. The van der Waals surface area contributed by atoms with Crippen LogP contribution < -0.4 is 5.32 Å². The number of benzene rings is 1. The zero-order chi connectivity index (χ0) is 15.0. The molecule has 4 heteroatoms. The fourth-order valence-corrected chi connectivity index (χ4v) is 5.41. The molecule has 2 fully saturated rings. The van der Waals surface area contributed by atoms with Gasteiger partial charge < -0.3 is 4.90 Å². The first-order valence-corrected chi connectivity index (χ1v) is 9.62. The fourth-order valence-electron chi connectivity index (χ4n) is 4.47. The Balaban J connectivity index is 1.65. The maximum absolute atomic E-state index is 12.9. The number of hydrogen-bond donors (Lipinski definition) is 1. The van der Waals surface area contributed by atoms with Crippen LogP contribution in [0.1, 0.15) is 43.2 Å². The highest BCUT2D eigenvalue weighted by Crippen LogP contribution is 2.44. The lowest BCUT2D eigenvalue weighted by molar-refractivity contribution is -0.135. The first kappa shape index (κ1) is 14.6. The van der Waals surface area contributed by atoms with E-state index in [9.17, 15) is 4.79 Å². The van der Waals surface area contributed by atoms with Gasteiger partial charge in [0.15, 0.2) is 0 Å². The van der Waals surface area contributed by atoms with E-state index in [1.165, 1.54) is 43.2 Å². The smallest absolute Gasteiger partial charge is 0.240 e. The summed E-state index contributed by atoms with van der Waals surface area (Å²) in [5, 5.41) is 3.34. The van der Waals surface area contributed by atoms with Gasteiger partial charge >= 0.3 is 0 Å². The van der Waals surface area contributed by atoms with Crippen molar-refractivity contribution in [2.24, 2.45) is 0 Å². The molecular formula is C18H24N2OS. The molecule has 3 nitrogen and oxygen atoms in total. The maximum Gasteiger partial charge on any atom is 0.240 e. The van der Waals surface area contributed by atoms with Crippen molar-refractivity contribution in [3.63, 3.8) is 0 Å². The van der Waals surface area contributed by atoms with E-state index in [-0.39, 0.29) is 11.5 Å². The van der Waals surface area contributed by atoms with Crippen molar-refractivity contribution in [1.29, 1.82) is 0 Å². The summed E-state index contributed by atoms with van der Waals surface area (Å²) in [5.74, 6) is 2.14. The highest BCUT2D eigenvalue weighted by atomic mass is 32.2. The Morgan fingerprint density at radius 2 is 2.05 bits per heavy atom. The minimum atomic E-state index is 0.0240. The van der Waals surface area contributed by atoms with Gasteiger partial charge in [-0.3, -0.25) is 10.1 Å². The minimum absolute atomic E-state index is 0.0240. The molecule has 1 N–H and O–H groups in total. The molecule has 3 aliphatic rings. The predicted octanol–water partition coefficient (Wildman–Crippen LogP) is 2.89. The van der Waals surface area contributed by atoms with E-state index in [1.54, 1.807) is 0 Å². The lowest BCUT2D eigenvalue weighted by Gasteiger charge is -2.47. The lowest BCUT2D eigenvalue weighted by atomic mass is 9.66. The summed E-state index contributed by atoms with van der Waals surface area (Å²) >= 11 is 1.83. The van der Waals surface area contributed by atoms with Crippen molar-refractivity contribution in [2.75, 3.05) is 18.2 Å². The molecule has 1 aliphatic carbocycles. The van der Waals surface area contributed by atoms with Gasteiger partial charge in [-0.25, -0.2) is 0 Å². The van der Waals surface area contributed by atoms with Gasteiger partial charge in [-0.2, -0.15) is 0 Å². The normalized spacial score (nSPS) is 26.9. The summed E-state index contributed by atoms with van der Waals surface area (Å²) in [6, 6.07) is 8.85. The van der Waals surface area contributed by atoms with Gasteiger partial charge in [-0.1, -0.05) is 43.5 Å². The molecule has 1 spiro atoms. The van der Waals surface area contributed by atoms with E-state index in [0.717, 1.165) is 24.7 Å². The molecular weight excluding hydrogens is 292 g/mol. The van der Waals surface area contributed by atoms with Crippen molar-refractivity contribution < 1.29 is 4.79 Å². The van der Waals surface area contributed by atoms with Gasteiger partial charge in [-0.15, -0.1) is 11.8 Å². The SMILES string of the molecule is O=C(C1CSCN1)N1Cc2ccccc2C2(CCCCC2)C1. The van der Waals surface area contributed by atoms with Crippen LogP contribution in [0.4, 0.5) is 0 Å². The number of carbonyl (C=O) groups is 1.